The second-order valence-electron chi connectivity index (χ2n) is 6.48. The van der Waals surface area contributed by atoms with Crippen molar-refractivity contribution in [3.05, 3.63) is 53.1 Å². The molecule has 1 N–H and O–H groups in total. The summed E-state index contributed by atoms with van der Waals surface area (Å²) < 4.78 is 0. The topological polar surface area (TPSA) is 63.2 Å². The van der Waals surface area contributed by atoms with E-state index in [1.54, 1.807) is 26.0 Å². The van der Waals surface area contributed by atoms with Crippen LogP contribution in [0, 0.1) is 5.41 Å². The highest BCUT2D eigenvalue weighted by atomic mass is 16.2. The van der Waals surface area contributed by atoms with Crippen LogP contribution in [0.2, 0.25) is 0 Å². The van der Waals surface area contributed by atoms with E-state index in [9.17, 15) is 14.4 Å². The van der Waals surface area contributed by atoms with Gasteiger partial charge in [-0.15, -0.1) is 0 Å². The molecule has 1 aromatic carbocycles. The Bertz CT molecular complexity index is 724. The van der Waals surface area contributed by atoms with Crippen molar-refractivity contribution in [2.75, 3.05) is 5.32 Å². The molecule has 1 aliphatic rings. The lowest BCUT2D eigenvalue weighted by Crippen LogP contribution is -2.31. The van der Waals surface area contributed by atoms with Gasteiger partial charge in [0, 0.05) is 34.2 Å². The third kappa shape index (κ3) is 3.65. The number of carbonyl (C=O) groups excluding carboxylic acids is 3. The molecule has 4 heteroatoms. The summed E-state index contributed by atoms with van der Waals surface area (Å²) in [6.07, 6.45) is 1.50. The van der Waals surface area contributed by atoms with E-state index in [1.165, 1.54) is 6.08 Å². The summed E-state index contributed by atoms with van der Waals surface area (Å²) in [6, 6.07) is 9.15. The van der Waals surface area contributed by atoms with Gasteiger partial charge in [0.05, 0.1) is 0 Å². The third-order valence-electron chi connectivity index (χ3n) is 4.18. The molecule has 0 atom stereocenters. The number of rotatable bonds is 4. The number of allylic oxidation sites excluding steroid dienone is 4. The van der Waals surface area contributed by atoms with Crippen molar-refractivity contribution in [3.8, 4) is 0 Å². The first kappa shape index (κ1) is 16.9. The Morgan fingerprint density at radius 1 is 1.04 bits per heavy atom. The summed E-state index contributed by atoms with van der Waals surface area (Å²) in [5.74, 6) is -0.500. The first-order valence-electron chi connectivity index (χ1n) is 7.56. The average Bonchev–Trinajstić information content (AvgIpc) is 2.49. The van der Waals surface area contributed by atoms with Crippen LogP contribution in [0.1, 0.15) is 34.1 Å². The van der Waals surface area contributed by atoms with E-state index in [-0.39, 0.29) is 23.9 Å². The molecule has 1 aromatic rings. The average molecular weight is 311 g/mol. The molecule has 0 bridgehead atoms. The Kier molecular flexibility index (Phi) is 4.64. The molecule has 120 valence electrons. The molecule has 0 aromatic heterocycles. The van der Waals surface area contributed by atoms with Crippen LogP contribution in [0.3, 0.4) is 0 Å². The minimum atomic E-state index is -0.715. The van der Waals surface area contributed by atoms with Gasteiger partial charge in [-0.2, -0.15) is 0 Å². The van der Waals surface area contributed by atoms with Gasteiger partial charge >= 0.3 is 0 Å². The van der Waals surface area contributed by atoms with Crippen molar-refractivity contribution < 1.29 is 14.4 Å². The second kappa shape index (κ2) is 6.32. The summed E-state index contributed by atoms with van der Waals surface area (Å²) in [6.45, 7) is 6.92. The fraction of sp³-hybridized carbons (Fsp3) is 0.316. The van der Waals surface area contributed by atoms with E-state index in [0.717, 1.165) is 0 Å². The van der Waals surface area contributed by atoms with Gasteiger partial charge in [-0.05, 0) is 32.1 Å². The molecule has 0 spiro atoms. The SMILES string of the molecule is CC1=C(C)C(=O)C(C(C)(C)CC(=O)Nc2ccccc2)=CC1=O. The third-order valence-corrected chi connectivity index (χ3v) is 4.18. The Morgan fingerprint density at radius 2 is 1.65 bits per heavy atom. The predicted molar refractivity (Wildman–Crippen MR) is 89.9 cm³/mol. The molecule has 0 radical (unpaired) electrons. The number of para-hydroxylation sites is 1. The van der Waals surface area contributed by atoms with Crippen LogP contribution in [0.15, 0.2) is 53.1 Å². The summed E-state index contributed by atoms with van der Waals surface area (Å²) in [4.78, 5) is 36.7. The van der Waals surface area contributed by atoms with Crippen LogP contribution in [0.25, 0.3) is 0 Å². The van der Waals surface area contributed by atoms with Crippen molar-refractivity contribution >= 4 is 23.2 Å². The maximum absolute atomic E-state index is 12.5. The van der Waals surface area contributed by atoms with E-state index >= 15 is 0 Å². The first-order valence-corrected chi connectivity index (χ1v) is 7.56. The number of anilines is 1. The van der Waals surface area contributed by atoms with Crippen LogP contribution in [-0.4, -0.2) is 17.5 Å². The van der Waals surface area contributed by atoms with Gasteiger partial charge in [-0.3, -0.25) is 14.4 Å². The zero-order valence-corrected chi connectivity index (χ0v) is 13.9. The van der Waals surface area contributed by atoms with Crippen molar-refractivity contribution in [1.82, 2.24) is 0 Å². The Hall–Kier alpha value is -2.49. The maximum atomic E-state index is 12.5. The first-order chi connectivity index (χ1) is 10.7. The molecular formula is C19H21NO3. The quantitative estimate of drug-likeness (QED) is 0.866. The molecule has 4 nitrogen and oxygen atoms in total. The molecule has 23 heavy (non-hydrogen) atoms. The van der Waals surface area contributed by atoms with E-state index in [0.29, 0.717) is 22.4 Å². The van der Waals surface area contributed by atoms with Crippen LogP contribution < -0.4 is 5.32 Å². The summed E-state index contributed by atoms with van der Waals surface area (Å²) in [5, 5.41) is 2.81. The number of benzene rings is 1. The lowest BCUT2D eigenvalue weighted by Gasteiger charge is -2.29. The highest BCUT2D eigenvalue weighted by molar-refractivity contribution is 6.22. The second-order valence-corrected chi connectivity index (χ2v) is 6.48. The minimum absolute atomic E-state index is 0.124. The zero-order valence-electron chi connectivity index (χ0n) is 13.9. The smallest absolute Gasteiger partial charge is 0.225 e. The highest BCUT2D eigenvalue weighted by Gasteiger charge is 2.35. The van der Waals surface area contributed by atoms with Crippen molar-refractivity contribution in [2.45, 2.75) is 34.1 Å². The van der Waals surface area contributed by atoms with Crippen LogP contribution in [-0.2, 0) is 14.4 Å². The van der Waals surface area contributed by atoms with E-state index in [1.807, 2.05) is 32.0 Å². The Labute approximate surface area is 136 Å². The van der Waals surface area contributed by atoms with E-state index in [4.69, 9.17) is 0 Å². The summed E-state index contributed by atoms with van der Waals surface area (Å²) in [5.41, 5.74) is 1.33. The molecule has 1 aliphatic carbocycles. The molecule has 0 heterocycles. The van der Waals surface area contributed by atoms with Gasteiger partial charge in [-0.25, -0.2) is 0 Å². The van der Waals surface area contributed by atoms with Gasteiger partial charge in [0.15, 0.2) is 11.6 Å². The van der Waals surface area contributed by atoms with Crippen LogP contribution >= 0.6 is 0 Å². The van der Waals surface area contributed by atoms with Crippen LogP contribution in [0.5, 0.6) is 0 Å². The molecule has 2 rings (SSSR count). The molecule has 1 amide bonds. The summed E-state index contributed by atoms with van der Waals surface area (Å²) >= 11 is 0. The largest absolute Gasteiger partial charge is 0.326 e. The standard InChI is InChI=1S/C19H21NO3/c1-12-13(2)18(23)15(10-16(12)21)19(3,4)11-17(22)20-14-8-6-5-7-9-14/h5-10H,11H2,1-4H3,(H,20,22). The predicted octanol–water partition coefficient (Wildman–Crippen LogP) is 3.46. The number of ketones is 2. The number of amides is 1. The van der Waals surface area contributed by atoms with Crippen molar-refractivity contribution in [2.24, 2.45) is 5.41 Å². The van der Waals surface area contributed by atoms with Crippen molar-refractivity contribution in [1.29, 1.82) is 0 Å². The number of carbonyl (C=O) groups is 3. The van der Waals surface area contributed by atoms with Gasteiger partial charge in [0.1, 0.15) is 0 Å². The minimum Gasteiger partial charge on any atom is -0.326 e. The van der Waals surface area contributed by atoms with Gasteiger partial charge in [0.25, 0.3) is 0 Å². The Balaban J connectivity index is 2.16. The molecule has 0 fully saturated rings. The number of hydrogen-bond donors (Lipinski definition) is 1. The molecular weight excluding hydrogens is 290 g/mol. The molecule has 0 saturated carbocycles. The zero-order chi connectivity index (χ0) is 17.2. The number of Topliss-reactive ketones (excluding diaryl/α,β-unsaturated/α-hetero) is 1. The van der Waals surface area contributed by atoms with Crippen LogP contribution in [0.4, 0.5) is 5.69 Å². The van der Waals surface area contributed by atoms with Gasteiger partial charge < -0.3 is 5.32 Å². The number of nitrogens with one attached hydrogen (secondary N) is 1. The summed E-state index contributed by atoms with van der Waals surface area (Å²) in [7, 11) is 0. The molecule has 0 aliphatic heterocycles. The lowest BCUT2D eigenvalue weighted by atomic mass is 9.74. The van der Waals surface area contributed by atoms with E-state index < -0.39 is 5.41 Å². The maximum Gasteiger partial charge on any atom is 0.225 e. The van der Waals surface area contributed by atoms with Gasteiger partial charge in [0.2, 0.25) is 5.91 Å². The fourth-order valence-corrected chi connectivity index (χ4v) is 2.59. The van der Waals surface area contributed by atoms with Gasteiger partial charge in [-0.1, -0.05) is 32.0 Å². The van der Waals surface area contributed by atoms with Crippen molar-refractivity contribution in [3.63, 3.8) is 0 Å². The Morgan fingerprint density at radius 3 is 2.26 bits per heavy atom. The lowest BCUT2D eigenvalue weighted by molar-refractivity contribution is -0.119. The fourth-order valence-electron chi connectivity index (χ4n) is 2.59. The molecule has 0 unspecified atom stereocenters. The monoisotopic (exact) mass is 311 g/mol. The number of hydrogen-bond acceptors (Lipinski definition) is 3. The normalized spacial score (nSPS) is 15.6. The van der Waals surface area contributed by atoms with E-state index in [2.05, 4.69) is 5.32 Å². The molecule has 0 saturated heterocycles. The highest BCUT2D eigenvalue weighted by Crippen LogP contribution is 2.35.